The summed E-state index contributed by atoms with van der Waals surface area (Å²) in [4.78, 5) is 0. The molecule has 0 bridgehead atoms. The van der Waals surface area contributed by atoms with Crippen molar-refractivity contribution in [3.63, 3.8) is 0 Å². The Morgan fingerprint density at radius 3 is 2.94 bits per heavy atom. The molecule has 0 amide bonds. The highest BCUT2D eigenvalue weighted by atomic mass is 16.5. The van der Waals surface area contributed by atoms with Crippen LogP contribution in [0.1, 0.15) is 49.8 Å². The van der Waals surface area contributed by atoms with Gasteiger partial charge in [-0.25, -0.2) is 0 Å². The number of hydrogen-bond donors (Lipinski definition) is 1. The minimum atomic E-state index is -0.297. The van der Waals surface area contributed by atoms with Crippen LogP contribution in [0.4, 0.5) is 0 Å². The third-order valence-electron chi connectivity index (χ3n) is 4.61. The largest absolute Gasteiger partial charge is 0.493 e. The molecule has 1 aliphatic carbocycles. The number of fused-ring (bicyclic) bond motifs is 1. The molecule has 2 heteroatoms. The molecule has 2 aliphatic rings. The van der Waals surface area contributed by atoms with Crippen LogP contribution >= 0.6 is 0 Å². The van der Waals surface area contributed by atoms with Crippen molar-refractivity contribution in [2.75, 3.05) is 6.61 Å². The second-order valence-corrected chi connectivity index (χ2v) is 5.84. The summed E-state index contributed by atoms with van der Waals surface area (Å²) in [7, 11) is 0. The van der Waals surface area contributed by atoms with Crippen molar-refractivity contribution in [2.24, 2.45) is 11.8 Å². The molecular formula is C16H22O2. The molecule has 0 radical (unpaired) electrons. The normalized spacial score (nSPS) is 28.6. The van der Waals surface area contributed by atoms with Gasteiger partial charge in [0.05, 0.1) is 12.7 Å². The third kappa shape index (κ3) is 2.14. The zero-order chi connectivity index (χ0) is 12.5. The van der Waals surface area contributed by atoms with Gasteiger partial charge in [-0.1, -0.05) is 25.8 Å². The SMILES string of the molecule is CC1CCCC1C(O)c1ccc2c(c1)CCCO2. The van der Waals surface area contributed by atoms with Crippen LogP contribution in [-0.4, -0.2) is 11.7 Å². The lowest BCUT2D eigenvalue weighted by Crippen LogP contribution is -2.16. The highest BCUT2D eigenvalue weighted by Gasteiger charge is 2.31. The van der Waals surface area contributed by atoms with Crippen LogP contribution in [0.2, 0.25) is 0 Å². The Labute approximate surface area is 109 Å². The van der Waals surface area contributed by atoms with Crippen molar-refractivity contribution in [2.45, 2.75) is 45.1 Å². The Morgan fingerprint density at radius 2 is 2.17 bits per heavy atom. The van der Waals surface area contributed by atoms with Crippen LogP contribution < -0.4 is 4.74 Å². The summed E-state index contributed by atoms with van der Waals surface area (Å²) < 4.78 is 5.62. The highest BCUT2D eigenvalue weighted by Crippen LogP contribution is 2.41. The van der Waals surface area contributed by atoms with Gasteiger partial charge >= 0.3 is 0 Å². The van der Waals surface area contributed by atoms with Crippen LogP contribution in [0.15, 0.2) is 18.2 Å². The van der Waals surface area contributed by atoms with Crippen molar-refractivity contribution in [3.05, 3.63) is 29.3 Å². The molecular weight excluding hydrogens is 224 g/mol. The van der Waals surface area contributed by atoms with Gasteiger partial charge in [-0.05, 0) is 54.4 Å². The first-order valence-electron chi connectivity index (χ1n) is 7.19. The molecule has 1 saturated carbocycles. The monoisotopic (exact) mass is 246 g/mol. The number of aliphatic hydroxyl groups excluding tert-OH is 1. The summed E-state index contributed by atoms with van der Waals surface area (Å²) in [6.45, 7) is 3.09. The molecule has 1 aliphatic heterocycles. The standard InChI is InChI=1S/C16H22O2/c1-11-4-2-6-14(11)16(17)13-7-8-15-12(10-13)5-3-9-18-15/h7-8,10-11,14,16-17H,2-6,9H2,1H3. The van der Waals surface area contributed by atoms with Crippen LogP contribution in [0, 0.1) is 11.8 Å². The smallest absolute Gasteiger partial charge is 0.122 e. The maximum absolute atomic E-state index is 10.6. The van der Waals surface area contributed by atoms with Crippen molar-refractivity contribution >= 4 is 0 Å². The maximum Gasteiger partial charge on any atom is 0.122 e. The van der Waals surface area contributed by atoms with Gasteiger partial charge < -0.3 is 9.84 Å². The number of benzene rings is 1. The van der Waals surface area contributed by atoms with E-state index in [-0.39, 0.29) is 6.10 Å². The van der Waals surface area contributed by atoms with E-state index >= 15 is 0 Å². The molecule has 3 atom stereocenters. The number of ether oxygens (including phenoxy) is 1. The molecule has 1 aromatic carbocycles. The molecule has 1 fully saturated rings. The Hall–Kier alpha value is -1.02. The summed E-state index contributed by atoms with van der Waals surface area (Å²) in [6.07, 6.45) is 5.56. The molecule has 3 unspecified atom stereocenters. The van der Waals surface area contributed by atoms with Crippen LogP contribution in [0.5, 0.6) is 5.75 Å². The molecule has 1 N–H and O–H groups in total. The van der Waals surface area contributed by atoms with E-state index in [2.05, 4.69) is 13.0 Å². The van der Waals surface area contributed by atoms with Gasteiger partial charge in [-0.2, -0.15) is 0 Å². The predicted molar refractivity (Wildman–Crippen MR) is 71.7 cm³/mol. The number of hydrogen-bond acceptors (Lipinski definition) is 2. The lowest BCUT2D eigenvalue weighted by atomic mass is 9.87. The first-order valence-corrected chi connectivity index (χ1v) is 7.19. The Kier molecular flexibility index (Phi) is 3.29. The fourth-order valence-electron chi connectivity index (χ4n) is 3.45. The van der Waals surface area contributed by atoms with Crippen LogP contribution in [-0.2, 0) is 6.42 Å². The van der Waals surface area contributed by atoms with E-state index in [1.54, 1.807) is 0 Å². The molecule has 3 rings (SSSR count). The van der Waals surface area contributed by atoms with E-state index in [0.717, 1.165) is 37.2 Å². The van der Waals surface area contributed by atoms with Crippen molar-refractivity contribution in [1.29, 1.82) is 0 Å². The molecule has 2 nitrogen and oxygen atoms in total. The Morgan fingerprint density at radius 1 is 1.28 bits per heavy atom. The summed E-state index contributed by atoms with van der Waals surface area (Å²) in [5, 5.41) is 10.6. The van der Waals surface area contributed by atoms with Crippen molar-refractivity contribution < 1.29 is 9.84 Å². The second kappa shape index (κ2) is 4.93. The lowest BCUT2D eigenvalue weighted by Gasteiger charge is -2.24. The minimum Gasteiger partial charge on any atom is -0.493 e. The third-order valence-corrected chi connectivity index (χ3v) is 4.61. The quantitative estimate of drug-likeness (QED) is 0.865. The van der Waals surface area contributed by atoms with E-state index < -0.39 is 0 Å². The van der Waals surface area contributed by atoms with Gasteiger partial charge in [0.2, 0.25) is 0 Å². The molecule has 98 valence electrons. The van der Waals surface area contributed by atoms with Crippen molar-refractivity contribution in [1.82, 2.24) is 0 Å². The summed E-state index contributed by atoms with van der Waals surface area (Å²) in [5.74, 6) is 2.09. The molecule has 0 spiro atoms. The molecule has 0 aromatic heterocycles. The summed E-state index contributed by atoms with van der Waals surface area (Å²) >= 11 is 0. The minimum absolute atomic E-state index is 0.297. The zero-order valence-corrected chi connectivity index (χ0v) is 11.1. The lowest BCUT2D eigenvalue weighted by molar-refractivity contribution is 0.0898. The van der Waals surface area contributed by atoms with E-state index in [0.29, 0.717) is 11.8 Å². The topological polar surface area (TPSA) is 29.5 Å². The van der Waals surface area contributed by atoms with Crippen LogP contribution in [0.3, 0.4) is 0 Å². The second-order valence-electron chi connectivity index (χ2n) is 5.84. The molecule has 18 heavy (non-hydrogen) atoms. The van der Waals surface area contributed by atoms with Gasteiger partial charge in [-0.3, -0.25) is 0 Å². The Balaban J connectivity index is 1.83. The van der Waals surface area contributed by atoms with Crippen LogP contribution in [0.25, 0.3) is 0 Å². The van der Waals surface area contributed by atoms with E-state index in [1.165, 1.54) is 18.4 Å². The average molecular weight is 246 g/mol. The summed E-state index contributed by atoms with van der Waals surface area (Å²) in [6, 6.07) is 6.23. The Bertz CT molecular complexity index is 427. The average Bonchev–Trinajstić information content (AvgIpc) is 2.83. The molecule has 1 heterocycles. The highest BCUT2D eigenvalue weighted by molar-refractivity contribution is 5.39. The van der Waals surface area contributed by atoms with E-state index in [1.807, 2.05) is 12.1 Å². The molecule has 0 saturated heterocycles. The van der Waals surface area contributed by atoms with E-state index in [4.69, 9.17) is 4.74 Å². The number of aliphatic hydroxyl groups is 1. The predicted octanol–water partition coefficient (Wildman–Crippen LogP) is 3.48. The first kappa shape index (κ1) is 12.0. The number of rotatable bonds is 2. The maximum atomic E-state index is 10.6. The van der Waals surface area contributed by atoms with E-state index in [9.17, 15) is 5.11 Å². The van der Waals surface area contributed by atoms with Gasteiger partial charge in [0.15, 0.2) is 0 Å². The summed E-state index contributed by atoms with van der Waals surface area (Å²) in [5.41, 5.74) is 2.35. The number of aryl methyl sites for hydroxylation is 1. The van der Waals surface area contributed by atoms with Crippen molar-refractivity contribution in [3.8, 4) is 5.75 Å². The van der Waals surface area contributed by atoms with Gasteiger partial charge in [-0.15, -0.1) is 0 Å². The first-order chi connectivity index (χ1) is 8.75. The van der Waals surface area contributed by atoms with Gasteiger partial charge in [0.25, 0.3) is 0 Å². The van der Waals surface area contributed by atoms with Gasteiger partial charge in [0, 0.05) is 0 Å². The zero-order valence-electron chi connectivity index (χ0n) is 11.1. The fourth-order valence-corrected chi connectivity index (χ4v) is 3.45. The van der Waals surface area contributed by atoms with Gasteiger partial charge in [0.1, 0.15) is 5.75 Å². The molecule has 1 aromatic rings. The fraction of sp³-hybridized carbons (Fsp3) is 0.625.